The highest BCUT2D eigenvalue weighted by Crippen LogP contribution is 2.23. The second kappa shape index (κ2) is 11.0. The first-order valence-corrected chi connectivity index (χ1v) is 13.7. The molecule has 1 aromatic heterocycles. The lowest BCUT2D eigenvalue weighted by atomic mass is 10.0. The number of amides is 2. The number of likely N-dealkylation sites (tertiary alicyclic amines) is 1. The zero-order valence-corrected chi connectivity index (χ0v) is 20.6. The molecule has 0 spiro atoms. The molecule has 1 fully saturated rings. The fourth-order valence-corrected chi connectivity index (χ4v) is 6.20. The smallest absolute Gasteiger partial charge is 0.263 e. The summed E-state index contributed by atoms with van der Waals surface area (Å²) in [6, 6.07) is 5.52. The summed E-state index contributed by atoms with van der Waals surface area (Å²) < 4.78 is 33.2. The highest BCUT2D eigenvalue weighted by atomic mass is 32.2. The van der Waals surface area contributed by atoms with Crippen LogP contribution >= 0.6 is 11.3 Å². The van der Waals surface area contributed by atoms with E-state index in [1.165, 1.54) is 11.3 Å². The van der Waals surface area contributed by atoms with Crippen molar-refractivity contribution in [3.8, 4) is 18.1 Å². The molecule has 0 aliphatic carbocycles. The van der Waals surface area contributed by atoms with E-state index in [0.29, 0.717) is 23.7 Å². The molecule has 2 aromatic rings. The number of sulfone groups is 1. The summed E-state index contributed by atoms with van der Waals surface area (Å²) >= 11 is 1.23. The summed E-state index contributed by atoms with van der Waals surface area (Å²) in [5.41, 5.74) is 0.779. The normalized spacial score (nSPS) is 17.2. The third kappa shape index (κ3) is 6.24. The maximum atomic E-state index is 12.6. The van der Waals surface area contributed by atoms with E-state index >= 15 is 0 Å². The van der Waals surface area contributed by atoms with Crippen molar-refractivity contribution < 1.29 is 22.7 Å². The van der Waals surface area contributed by atoms with Crippen LogP contribution in [0.5, 0.6) is 5.75 Å². The molecule has 0 N–H and O–H groups in total. The molecule has 1 aromatic carbocycles. The fourth-order valence-electron chi connectivity index (χ4n) is 4.04. The van der Waals surface area contributed by atoms with Gasteiger partial charge in [-0.1, -0.05) is 24.2 Å². The van der Waals surface area contributed by atoms with Crippen LogP contribution in [0, 0.1) is 12.3 Å². The van der Waals surface area contributed by atoms with Gasteiger partial charge < -0.3 is 14.2 Å². The van der Waals surface area contributed by atoms with Crippen LogP contribution in [0.2, 0.25) is 0 Å². The molecule has 0 saturated carbocycles. The lowest BCUT2D eigenvalue weighted by Gasteiger charge is -2.35. The molecule has 2 amide bonds. The van der Waals surface area contributed by atoms with Gasteiger partial charge in [0.25, 0.3) is 5.91 Å². The predicted molar refractivity (Wildman–Crippen MR) is 129 cm³/mol. The molecule has 3 rings (SSSR count). The largest absolute Gasteiger partial charge is 0.494 e. The highest BCUT2D eigenvalue weighted by molar-refractivity contribution is 7.92. The van der Waals surface area contributed by atoms with E-state index < -0.39 is 33.2 Å². The van der Waals surface area contributed by atoms with Crippen LogP contribution in [0.25, 0.3) is 10.2 Å². The van der Waals surface area contributed by atoms with Gasteiger partial charge in [-0.05, 0) is 50.8 Å². The van der Waals surface area contributed by atoms with Crippen molar-refractivity contribution in [3.05, 3.63) is 23.0 Å². The molecule has 0 radical (unpaired) electrons. The van der Waals surface area contributed by atoms with Crippen LogP contribution in [-0.2, 0) is 26.0 Å². The summed E-state index contributed by atoms with van der Waals surface area (Å²) in [5, 5.41) is 0. The summed E-state index contributed by atoms with van der Waals surface area (Å²) in [4.78, 5) is 31.2. The number of rotatable bonds is 8. The molecule has 1 saturated heterocycles. The van der Waals surface area contributed by atoms with Crippen molar-refractivity contribution in [2.75, 3.05) is 24.7 Å². The summed E-state index contributed by atoms with van der Waals surface area (Å²) in [6.07, 6.45) is 9.04. The number of hydrogen-bond acceptors (Lipinski definition) is 6. The number of carbonyl (C=O) groups is 2. The maximum absolute atomic E-state index is 12.6. The zero-order chi connectivity index (χ0) is 24.0. The van der Waals surface area contributed by atoms with E-state index in [-0.39, 0.29) is 12.6 Å². The summed E-state index contributed by atoms with van der Waals surface area (Å²) in [6.45, 7) is 5.13. The van der Waals surface area contributed by atoms with Crippen LogP contribution in [0.1, 0.15) is 39.5 Å². The number of nitrogens with zero attached hydrogens (tertiary/aromatic N) is 3. The van der Waals surface area contributed by atoms with Crippen molar-refractivity contribution in [2.24, 2.45) is 4.99 Å². The number of thiazole rings is 1. The number of fused-ring (bicyclic) bond motifs is 1. The first kappa shape index (κ1) is 25.0. The van der Waals surface area contributed by atoms with Crippen molar-refractivity contribution in [3.63, 3.8) is 0 Å². The van der Waals surface area contributed by atoms with Crippen molar-refractivity contribution in [1.29, 1.82) is 0 Å². The van der Waals surface area contributed by atoms with E-state index in [9.17, 15) is 18.0 Å². The first-order chi connectivity index (χ1) is 15.8. The van der Waals surface area contributed by atoms with E-state index in [1.807, 2.05) is 26.0 Å². The van der Waals surface area contributed by atoms with Crippen molar-refractivity contribution in [2.45, 2.75) is 52.1 Å². The Kier molecular flexibility index (Phi) is 8.32. The number of benzene rings is 1. The summed E-state index contributed by atoms with van der Waals surface area (Å²) in [7, 11) is -3.95. The second-order valence-corrected chi connectivity index (χ2v) is 11.0. The molecule has 2 heterocycles. The van der Waals surface area contributed by atoms with Crippen molar-refractivity contribution >= 4 is 43.2 Å². The topological polar surface area (TPSA) is 98.0 Å². The molecule has 1 aliphatic rings. The van der Waals surface area contributed by atoms with Crippen LogP contribution < -0.4 is 9.54 Å². The quantitative estimate of drug-likeness (QED) is 0.528. The third-order valence-corrected chi connectivity index (χ3v) is 7.96. The number of ether oxygens (including phenoxy) is 1. The van der Waals surface area contributed by atoms with Gasteiger partial charge in [-0.25, -0.2) is 8.42 Å². The number of carbonyl (C=O) groups excluding carboxylic acids is 2. The molecular formula is C23H29N3O5S2. The number of hydrogen-bond donors (Lipinski definition) is 0. The zero-order valence-electron chi connectivity index (χ0n) is 19.0. The molecule has 178 valence electrons. The standard InChI is InChI=1S/C23H29N3O5S2/c1-4-12-26-19-11-10-18(31-6-3)14-20(19)32-23(26)24-21(27)15-33(29,30)16-22(28)25-13-8-7-9-17(25)5-2/h1,10-11,14,17H,5-9,12-13,15-16H2,2-3H3. The van der Waals surface area contributed by atoms with Gasteiger partial charge in [0.2, 0.25) is 5.91 Å². The van der Waals surface area contributed by atoms with Crippen LogP contribution in [-0.4, -0.2) is 60.4 Å². The third-order valence-electron chi connectivity index (χ3n) is 5.54. The summed E-state index contributed by atoms with van der Waals surface area (Å²) in [5.74, 6) is 0.448. The molecule has 1 aliphatic heterocycles. The SMILES string of the molecule is C#CCn1c(=NC(=O)CS(=O)(=O)CC(=O)N2CCCCC2CC)sc2cc(OCC)ccc21. The molecule has 1 unspecified atom stereocenters. The van der Waals surface area contributed by atoms with E-state index in [0.717, 1.165) is 35.9 Å². The minimum absolute atomic E-state index is 0.0599. The monoisotopic (exact) mass is 491 g/mol. The predicted octanol–water partition coefficient (Wildman–Crippen LogP) is 2.37. The minimum Gasteiger partial charge on any atom is -0.494 e. The molecular weight excluding hydrogens is 462 g/mol. The Morgan fingerprint density at radius 1 is 1.27 bits per heavy atom. The van der Waals surface area contributed by atoms with Gasteiger partial charge in [0.15, 0.2) is 14.6 Å². The minimum atomic E-state index is -3.95. The first-order valence-electron chi connectivity index (χ1n) is 11.0. The molecule has 10 heteroatoms. The van der Waals surface area contributed by atoms with E-state index in [2.05, 4.69) is 10.9 Å². The number of aromatic nitrogens is 1. The van der Waals surface area contributed by atoms with Gasteiger partial charge in [0, 0.05) is 12.6 Å². The van der Waals surface area contributed by atoms with Gasteiger partial charge in [-0.15, -0.1) is 6.42 Å². The van der Waals surface area contributed by atoms with Crippen LogP contribution in [0.4, 0.5) is 0 Å². The molecule has 0 bridgehead atoms. The molecule has 1 atom stereocenters. The van der Waals surface area contributed by atoms with Gasteiger partial charge >= 0.3 is 0 Å². The lowest BCUT2D eigenvalue weighted by Crippen LogP contribution is -2.46. The van der Waals surface area contributed by atoms with Crippen LogP contribution in [0.3, 0.4) is 0 Å². The Hall–Kier alpha value is -2.64. The average Bonchev–Trinajstić information content (AvgIpc) is 3.09. The second-order valence-electron chi connectivity index (χ2n) is 7.92. The van der Waals surface area contributed by atoms with Gasteiger partial charge in [0.05, 0.1) is 23.4 Å². The van der Waals surface area contributed by atoms with Crippen molar-refractivity contribution in [1.82, 2.24) is 9.47 Å². The number of piperidine rings is 1. The Labute approximate surface area is 198 Å². The van der Waals surface area contributed by atoms with Gasteiger partial charge in [-0.2, -0.15) is 4.99 Å². The Bertz CT molecular complexity index is 1240. The highest BCUT2D eigenvalue weighted by Gasteiger charge is 2.29. The Balaban J connectivity index is 1.80. The molecule has 33 heavy (non-hydrogen) atoms. The average molecular weight is 492 g/mol. The Morgan fingerprint density at radius 2 is 2.06 bits per heavy atom. The van der Waals surface area contributed by atoms with Gasteiger partial charge in [-0.3, -0.25) is 9.59 Å². The van der Waals surface area contributed by atoms with Crippen LogP contribution in [0.15, 0.2) is 23.2 Å². The van der Waals surface area contributed by atoms with E-state index in [4.69, 9.17) is 11.2 Å². The van der Waals surface area contributed by atoms with Gasteiger partial charge in [0.1, 0.15) is 17.3 Å². The van der Waals surface area contributed by atoms with E-state index in [1.54, 1.807) is 15.5 Å². The Morgan fingerprint density at radius 3 is 2.76 bits per heavy atom. The fraction of sp³-hybridized carbons (Fsp3) is 0.522. The maximum Gasteiger partial charge on any atom is 0.263 e. The molecule has 8 nitrogen and oxygen atoms in total. The lowest BCUT2D eigenvalue weighted by molar-refractivity contribution is -0.132. The number of terminal acetylenes is 1.